The van der Waals surface area contributed by atoms with Crippen molar-refractivity contribution in [2.45, 2.75) is 6.61 Å². The Hall–Kier alpha value is -1.13. The molecule has 12 heavy (non-hydrogen) atoms. The highest BCUT2D eigenvalue weighted by Crippen LogP contribution is 2.17. The maximum absolute atomic E-state index is 8.99. The summed E-state index contributed by atoms with van der Waals surface area (Å²) < 4.78 is 0. The third kappa shape index (κ3) is 1.15. The number of anilines is 1. The first kappa shape index (κ1) is 7.52. The molecule has 0 bridgehead atoms. The van der Waals surface area contributed by atoms with Gasteiger partial charge in [0.1, 0.15) is 5.82 Å². The van der Waals surface area contributed by atoms with Gasteiger partial charge in [0.25, 0.3) is 0 Å². The van der Waals surface area contributed by atoms with Gasteiger partial charge in [-0.25, -0.2) is 10.4 Å². The third-order valence-electron chi connectivity index (χ3n) is 1.93. The van der Waals surface area contributed by atoms with Gasteiger partial charge in [0, 0.05) is 18.3 Å². The average Bonchev–Trinajstić information content (AvgIpc) is 2.02. The Labute approximate surface area is 70.8 Å². The zero-order chi connectivity index (χ0) is 8.39. The molecule has 2 N–H and O–H groups in total. The van der Waals surface area contributed by atoms with Gasteiger partial charge in [0.2, 0.25) is 0 Å². The minimum Gasteiger partial charge on any atom is -0.392 e. The van der Waals surface area contributed by atoms with Crippen molar-refractivity contribution < 1.29 is 5.11 Å². The molecule has 0 aliphatic carbocycles. The van der Waals surface area contributed by atoms with Gasteiger partial charge < -0.3 is 5.11 Å². The number of aliphatic hydroxyl groups excluding tert-OH is 1. The molecule has 64 valence electrons. The number of aliphatic hydroxyl groups is 1. The fourth-order valence-corrected chi connectivity index (χ4v) is 1.20. The summed E-state index contributed by atoms with van der Waals surface area (Å²) >= 11 is 0. The molecule has 0 spiro atoms. The van der Waals surface area contributed by atoms with E-state index in [0.717, 1.165) is 24.5 Å². The lowest BCUT2D eigenvalue weighted by atomic mass is 10.2. The van der Waals surface area contributed by atoms with Crippen LogP contribution < -0.4 is 10.4 Å². The van der Waals surface area contributed by atoms with E-state index in [4.69, 9.17) is 5.11 Å². The van der Waals surface area contributed by atoms with Crippen LogP contribution in [0.1, 0.15) is 5.56 Å². The van der Waals surface area contributed by atoms with Crippen LogP contribution in [-0.4, -0.2) is 23.2 Å². The molecule has 0 radical (unpaired) electrons. The molecule has 1 aromatic heterocycles. The minimum atomic E-state index is 0.0430. The monoisotopic (exact) mass is 165 g/mol. The highest BCUT2D eigenvalue weighted by molar-refractivity contribution is 5.46. The fourth-order valence-electron chi connectivity index (χ4n) is 1.20. The summed E-state index contributed by atoms with van der Waals surface area (Å²) in [4.78, 5) is 4.17. The Morgan fingerprint density at radius 2 is 2.50 bits per heavy atom. The number of aromatic nitrogens is 1. The van der Waals surface area contributed by atoms with Gasteiger partial charge in [0.05, 0.1) is 13.2 Å². The van der Waals surface area contributed by atoms with Crippen LogP contribution in [0.15, 0.2) is 18.3 Å². The van der Waals surface area contributed by atoms with Crippen molar-refractivity contribution >= 4 is 5.82 Å². The molecule has 0 saturated carbocycles. The van der Waals surface area contributed by atoms with Crippen molar-refractivity contribution in [3.05, 3.63) is 23.9 Å². The first-order valence-corrected chi connectivity index (χ1v) is 3.97. The lowest BCUT2D eigenvalue weighted by Crippen LogP contribution is -2.54. The van der Waals surface area contributed by atoms with Crippen LogP contribution in [0.5, 0.6) is 0 Å². The summed E-state index contributed by atoms with van der Waals surface area (Å²) in [6, 6.07) is 3.71. The molecule has 2 rings (SSSR count). The van der Waals surface area contributed by atoms with Crippen LogP contribution in [0.4, 0.5) is 5.82 Å². The molecule has 1 saturated heterocycles. The molecule has 0 amide bonds. The molecular formula is C8H11N3O. The van der Waals surface area contributed by atoms with Gasteiger partial charge in [-0.3, -0.25) is 5.01 Å². The van der Waals surface area contributed by atoms with E-state index in [9.17, 15) is 0 Å². The van der Waals surface area contributed by atoms with Crippen molar-refractivity contribution in [1.29, 1.82) is 0 Å². The summed E-state index contributed by atoms with van der Waals surface area (Å²) in [6.45, 7) is 1.99. The highest BCUT2D eigenvalue weighted by Gasteiger charge is 2.17. The molecule has 1 fully saturated rings. The van der Waals surface area contributed by atoms with Crippen LogP contribution in [0.2, 0.25) is 0 Å². The second-order valence-electron chi connectivity index (χ2n) is 2.70. The molecule has 0 aromatic carbocycles. The van der Waals surface area contributed by atoms with Gasteiger partial charge >= 0.3 is 0 Å². The summed E-state index contributed by atoms with van der Waals surface area (Å²) in [5, 5.41) is 10.9. The van der Waals surface area contributed by atoms with Crippen molar-refractivity contribution in [1.82, 2.24) is 10.4 Å². The Morgan fingerprint density at radius 3 is 3.08 bits per heavy atom. The number of nitrogens with zero attached hydrogens (tertiary/aromatic N) is 2. The van der Waals surface area contributed by atoms with Crippen LogP contribution in [0.25, 0.3) is 0 Å². The molecule has 1 aliphatic rings. The van der Waals surface area contributed by atoms with Crippen LogP contribution in [-0.2, 0) is 6.61 Å². The highest BCUT2D eigenvalue weighted by atomic mass is 16.3. The molecule has 2 heterocycles. The standard InChI is InChI=1S/C8H11N3O/c12-6-7-2-1-3-9-8(7)11-5-4-10-11/h1-3,10,12H,4-6H2. The van der Waals surface area contributed by atoms with E-state index >= 15 is 0 Å². The van der Waals surface area contributed by atoms with E-state index in [2.05, 4.69) is 10.4 Å². The van der Waals surface area contributed by atoms with Crippen molar-refractivity contribution in [3.8, 4) is 0 Å². The zero-order valence-electron chi connectivity index (χ0n) is 6.70. The van der Waals surface area contributed by atoms with Crippen molar-refractivity contribution in [2.75, 3.05) is 18.1 Å². The second-order valence-corrected chi connectivity index (χ2v) is 2.70. The molecule has 0 unspecified atom stereocenters. The number of pyridine rings is 1. The Bertz CT molecular complexity index is 273. The van der Waals surface area contributed by atoms with E-state index < -0.39 is 0 Å². The lowest BCUT2D eigenvalue weighted by molar-refractivity contribution is 0.280. The number of nitrogens with one attached hydrogen (secondary N) is 1. The van der Waals surface area contributed by atoms with Crippen LogP contribution >= 0.6 is 0 Å². The maximum atomic E-state index is 8.99. The van der Waals surface area contributed by atoms with Gasteiger partial charge in [-0.15, -0.1) is 0 Å². The molecule has 4 nitrogen and oxygen atoms in total. The van der Waals surface area contributed by atoms with Gasteiger partial charge in [-0.2, -0.15) is 0 Å². The molecule has 1 aromatic rings. The quantitative estimate of drug-likeness (QED) is 0.642. The normalized spacial score (nSPS) is 15.9. The molecule has 0 atom stereocenters. The maximum Gasteiger partial charge on any atom is 0.148 e. The topological polar surface area (TPSA) is 48.4 Å². The predicted molar refractivity (Wildman–Crippen MR) is 45.5 cm³/mol. The predicted octanol–water partition coefficient (Wildman–Crippen LogP) is -0.102. The minimum absolute atomic E-state index is 0.0430. The zero-order valence-corrected chi connectivity index (χ0v) is 6.70. The SMILES string of the molecule is OCc1cccnc1N1CCN1. The van der Waals surface area contributed by atoms with Crippen molar-refractivity contribution in [2.24, 2.45) is 0 Å². The first-order valence-electron chi connectivity index (χ1n) is 3.97. The number of rotatable bonds is 2. The molecular weight excluding hydrogens is 154 g/mol. The van der Waals surface area contributed by atoms with Crippen molar-refractivity contribution in [3.63, 3.8) is 0 Å². The van der Waals surface area contributed by atoms with Crippen LogP contribution in [0.3, 0.4) is 0 Å². The number of hydrogen-bond donors (Lipinski definition) is 2. The summed E-state index contributed by atoms with van der Waals surface area (Å²) in [6.07, 6.45) is 1.73. The van der Waals surface area contributed by atoms with E-state index in [1.165, 1.54) is 0 Å². The van der Waals surface area contributed by atoms with E-state index in [1.807, 2.05) is 17.1 Å². The first-order chi connectivity index (χ1) is 5.92. The Balaban J connectivity index is 2.27. The largest absolute Gasteiger partial charge is 0.392 e. The van der Waals surface area contributed by atoms with Gasteiger partial charge in [0.15, 0.2) is 0 Å². The molecule has 4 heteroatoms. The van der Waals surface area contributed by atoms with Gasteiger partial charge in [-0.05, 0) is 6.07 Å². The van der Waals surface area contributed by atoms with E-state index in [1.54, 1.807) is 6.20 Å². The summed E-state index contributed by atoms with van der Waals surface area (Å²) in [5.74, 6) is 0.839. The number of hydrazine groups is 1. The number of hydrogen-bond acceptors (Lipinski definition) is 4. The smallest absolute Gasteiger partial charge is 0.148 e. The van der Waals surface area contributed by atoms with Crippen LogP contribution in [0, 0.1) is 0 Å². The molecule has 1 aliphatic heterocycles. The Morgan fingerprint density at radius 1 is 1.67 bits per heavy atom. The fraction of sp³-hybridized carbons (Fsp3) is 0.375. The second kappa shape index (κ2) is 3.08. The summed E-state index contributed by atoms with van der Waals surface area (Å²) in [5.41, 5.74) is 3.96. The summed E-state index contributed by atoms with van der Waals surface area (Å²) in [7, 11) is 0. The Kier molecular flexibility index (Phi) is 1.93. The third-order valence-corrected chi connectivity index (χ3v) is 1.93. The van der Waals surface area contributed by atoms with E-state index in [-0.39, 0.29) is 6.61 Å². The lowest BCUT2D eigenvalue weighted by Gasteiger charge is -2.34. The average molecular weight is 165 g/mol. The van der Waals surface area contributed by atoms with E-state index in [0.29, 0.717) is 0 Å². The van der Waals surface area contributed by atoms with Gasteiger partial charge in [-0.1, -0.05) is 6.07 Å².